The summed E-state index contributed by atoms with van der Waals surface area (Å²) in [5, 5.41) is 14.2. The molecule has 0 atom stereocenters. The predicted molar refractivity (Wildman–Crippen MR) is 74.9 cm³/mol. The first-order chi connectivity index (χ1) is 8.61. The van der Waals surface area contributed by atoms with E-state index >= 15 is 0 Å². The van der Waals surface area contributed by atoms with Crippen LogP contribution in [0.1, 0.15) is 0 Å². The van der Waals surface area contributed by atoms with Crippen molar-refractivity contribution in [3.63, 3.8) is 0 Å². The van der Waals surface area contributed by atoms with E-state index in [9.17, 15) is 0 Å². The van der Waals surface area contributed by atoms with Gasteiger partial charge in [-0.05, 0) is 0 Å². The van der Waals surface area contributed by atoms with Gasteiger partial charge in [0.2, 0.25) is 0 Å². The molecule has 4 nitrogen and oxygen atoms in total. The van der Waals surface area contributed by atoms with Gasteiger partial charge in [-0.15, -0.1) is 0 Å². The molecular formula is C14H16O4Sn+4. The second kappa shape index (κ2) is 9.15. The third kappa shape index (κ3) is 6.61. The summed E-state index contributed by atoms with van der Waals surface area (Å²) in [5.41, 5.74) is 0.0278. The zero-order valence-electron chi connectivity index (χ0n) is 10.2. The molecule has 19 heavy (non-hydrogen) atoms. The fraction of sp³-hybridized carbons (Fsp3) is 0. The van der Waals surface area contributed by atoms with Gasteiger partial charge in [-0.1, -0.05) is 36.4 Å². The summed E-state index contributed by atoms with van der Waals surface area (Å²) in [7, 11) is 0. The molecule has 2 aromatic carbocycles. The molecule has 0 bridgehead atoms. The molecule has 0 aliphatic carbocycles. The fourth-order valence-electron chi connectivity index (χ4n) is 1.08. The van der Waals surface area contributed by atoms with E-state index in [1.807, 2.05) is 0 Å². The Labute approximate surface area is 127 Å². The van der Waals surface area contributed by atoms with Gasteiger partial charge in [-0.3, -0.25) is 9.59 Å². The first-order valence-corrected chi connectivity index (χ1v) is 5.27. The maximum Gasteiger partial charge on any atom is 0.433 e. The molecule has 0 aromatic heterocycles. The third-order valence-corrected chi connectivity index (χ3v) is 2.03. The van der Waals surface area contributed by atoms with Gasteiger partial charge in [-0.25, -0.2) is 0 Å². The Morgan fingerprint density at radius 3 is 1.26 bits per heavy atom. The molecular weight excluding hydrogens is 351 g/mol. The minimum absolute atomic E-state index is 0. The predicted octanol–water partition coefficient (Wildman–Crippen LogP) is -0.123. The maximum absolute atomic E-state index is 8.89. The van der Waals surface area contributed by atoms with Crippen molar-refractivity contribution in [2.24, 2.45) is 0 Å². The van der Waals surface area contributed by atoms with Crippen molar-refractivity contribution in [2.45, 2.75) is 0 Å². The number of rotatable bonds is 0. The Hall–Kier alpha value is -1.82. The fourth-order valence-corrected chi connectivity index (χ4v) is 1.08. The van der Waals surface area contributed by atoms with Crippen LogP contribution in [0.15, 0.2) is 60.7 Å². The van der Waals surface area contributed by atoms with E-state index in [0.29, 0.717) is 0 Å². The van der Waals surface area contributed by atoms with Gasteiger partial charge in [0.1, 0.15) is 0 Å². The zero-order chi connectivity index (χ0) is 13.4. The summed E-state index contributed by atoms with van der Waals surface area (Å²) in [6, 6.07) is 16.4. The molecule has 2 rings (SSSR count). The molecule has 0 saturated carbocycles. The SMILES string of the molecule is [OH+]=c1cccccc1[OH2+].[OH+]=c1cccccc1[OH2+].[Sn]. The maximum atomic E-state index is 8.89. The largest absolute Gasteiger partial charge is 0.587 e. The van der Waals surface area contributed by atoms with Crippen molar-refractivity contribution in [1.29, 1.82) is 0 Å². The van der Waals surface area contributed by atoms with E-state index in [1.54, 1.807) is 36.4 Å². The van der Waals surface area contributed by atoms with E-state index < -0.39 is 0 Å². The molecule has 0 aliphatic heterocycles. The van der Waals surface area contributed by atoms with Crippen LogP contribution in [0.5, 0.6) is 11.5 Å². The van der Waals surface area contributed by atoms with Gasteiger partial charge >= 0.3 is 22.4 Å². The van der Waals surface area contributed by atoms with Gasteiger partial charge in [0.05, 0.1) is 12.1 Å². The third-order valence-electron chi connectivity index (χ3n) is 2.03. The van der Waals surface area contributed by atoms with Crippen molar-refractivity contribution in [3.8, 4) is 11.5 Å². The summed E-state index contributed by atoms with van der Waals surface area (Å²) in [6.07, 6.45) is 0. The summed E-state index contributed by atoms with van der Waals surface area (Å²) >= 11 is 0. The van der Waals surface area contributed by atoms with Crippen molar-refractivity contribution >= 4 is 23.9 Å². The normalized spacial score (nSPS) is 8.42. The van der Waals surface area contributed by atoms with Crippen LogP contribution in [-0.4, -0.2) is 43.7 Å². The molecule has 2 aromatic rings. The molecule has 0 heterocycles. The summed E-state index contributed by atoms with van der Waals surface area (Å²) in [4.78, 5) is 17.8. The molecule has 5 heteroatoms. The van der Waals surface area contributed by atoms with E-state index in [-0.39, 0.29) is 46.3 Å². The first-order valence-electron chi connectivity index (χ1n) is 5.27. The molecule has 6 N–H and O–H groups in total. The van der Waals surface area contributed by atoms with Crippen LogP contribution in [0.2, 0.25) is 0 Å². The summed E-state index contributed by atoms with van der Waals surface area (Å²) in [6.45, 7) is 0. The quantitative estimate of drug-likeness (QED) is 0.459. The molecule has 0 spiro atoms. The smallest absolute Gasteiger partial charge is 0.433 e. The Kier molecular flexibility index (Phi) is 8.28. The monoisotopic (exact) mass is 368 g/mol. The first kappa shape index (κ1) is 17.2. The average Bonchev–Trinajstić information content (AvgIpc) is 2.65. The zero-order valence-corrected chi connectivity index (χ0v) is 13.0. The number of hydrogen-bond donors (Lipinski definition) is 0. The molecule has 0 amide bonds. The van der Waals surface area contributed by atoms with Crippen LogP contribution in [0.3, 0.4) is 0 Å². The molecule has 0 aliphatic rings. The Bertz CT molecular complexity index is 572. The van der Waals surface area contributed by atoms with Crippen LogP contribution in [0.4, 0.5) is 0 Å². The van der Waals surface area contributed by atoms with Crippen molar-refractivity contribution in [2.75, 3.05) is 0 Å². The van der Waals surface area contributed by atoms with Gasteiger partial charge in [-0.2, -0.15) is 0 Å². The summed E-state index contributed by atoms with van der Waals surface area (Å²) in [5.74, 6) is 0.306. The molecule has 96 valence electrons. The van der Waals surface area contributed by atoms with Gasteiger partial charge in [0, 0.05) is 36.0 Å². The van der Waals surface area contributed by atoms with E-state index in [4.69, 9.17) is 19.8 Å². The molecule has 0 saturated heterocycles. The standard InChI is InChI=1S/2C7H6O2.Sn/c2*8-6-4-2-1-3-5-7(6)9;/h2*1-5H,(H,8,9);/p+4. The van der Waals surface area contributed by atoms with Crippen LogP contribution in [0, 0.1) is 0 Å². The van der Waals surface area contributed by atoms with E-state index in [2.05, 4.69) is 0 Å². The second-order valence-electron chi connectivity index (χ2n) is 3.42. The van der Waals surface area contributed by atoms with Crippen LogP contribution in [0.25, 0.3) is 0 Å². The van der Waals surface area contributed by atoms with Crippen LogP contribution in [-0.2, 0) is 0 Å². The Morgan fingerprint density at radius 2 is 0.895 bits per heavy atom. The second-order valence-corrected chi connectivity index (χ2v) is 3.42. The molecule has 0 fully saturated rings. The Balaban J connectivity index is 0.000000324. The minimum atomic E-state index is 0. The number of hydrogen-bond acceptors (Lipinski definition) is 0. The van der Waals surface area contributed by atoms with E-state index in [0.717, 1.165) is 0 Å². The van der Waals surface area contributed by atoms with Crippen molar-refractivity contribution in [3.05, 3.63) is 71.5 Å². The molecule has 4 radical (unpaired) electrons. The minimum Gasteiger partial charge on any atom is -0.587 e. The van der Waals surface area contributed by atoms with Gasteiger partial charge in [0.25, 0.3) is 0 Å². The van der Waals surface area contributed by atoms with Crippen LogP contribution >= 0.6 is 0 Å². The topological polar surface area (TPSA) is 88.6 Å². The van der Waals surface area contributed by atoms with Crippen molar-refractivity contribution < 1.29 is 19.8 Å². The van der Waals surface area contributed by atoms with Crippen LogP contribution < -0.4 is 10.9 Å². The van der Waals surface area contributed by atoms with Gasteiger partial charge < -0.3 is 10.2 Å². The Morgan fingerprint density at radius 1 is 0.579 bits per heavy atom. The molecule has 0 unspecified atom stereocenters. The average molecular weight is 367 g/mol. The van der Waals surface area contributed by atoms with E-state index in [1.165, 1.54) is 24.3 Å². The van der Waals surface area contributed by atoms with Crippen molar-refractivity contribution in [1.82, 2.24) is 0 Å². The van der Waals surface area contributed by atoms with Gasteiger partial charge in [0.15, 0.2) is 0 Å². The summed E-state index contributed by atoms with van der Waals surface area (Å²) < 4.78 is 0.